The van der Waals surface area contributed by atoms with Crippen LogP contribution in [0.2, 0.25) is 0 Å². The van der Waals surface area contributed by atoms with E-state index in [-0.39, 0.29) is 5.92 Å². The van der Waals surface area contributed by atoms with Crippen molar-refractivity contribution in [2.24, 2.45) is 5.92 Å². The first kappa shape index (κ1) is 18.9. The number of amides is 1. The number of nitrogens with one attached hydrogen (secondary N) is 1. The number of hydrogen-bond donors (Lipinski definition) is 1. The molecular weight excluding hydrogens is 359 g/mol. The molecule has 8 heteroatoms. The number of rotatable bonds is 4. The van der Waals surface area contributed by atoms with E-state index < -0.39 is 23.5 Å². The van der Waals surface area contributed by atoms with Gasteiger partial charge in [-0.3, -0.25) is 9.59 Å². The van der Waals surface area contributed by atoms with Crippen molar-refractivity contribution in [1.29, 1.82) is 0 Å². The number of benzene rings is 1. The molecule has 1 fully saturated rings. The van der Waals surface area contributed by atoms with E-state index in [2.05, 4.69) is 15.2 Å². The molecule has 1 saturated heterocycles. The van der Waals surface area contributed by atoms with Crippen LogP contribution in [0.1, 0.15) is 28.8 Å². The number of aromatic nitrogens is 1. The zero-order valence-electron chi connectivity index (χ0n) is 14.4. The van der Waals surface area contributed by atoms with Gasteiger partial charge < -0.3 is 10.2 Å². The van der Waals surface area contributed by atoms with Gasteiger partial charge in [-0.1, -0.05) is 0 Å². The summed E-state index contributed by atoms with van der Waals surface area (Å²) in [4.78, 5) is 28.9. The summed E-state index contributed by atoms with van der Waals surface area (Å²) in [7, 11) is 0. The molecule has 1 aliphatic rings. The normalized spacial score (nSPS) is 15.4. The molecule has 2 heterocycles. The van der Waals surface area contributed by atoms with Gasteiger partial charge in [0, 0.05) is 36.5 Å². The molecule has 2 aromatic rings. The molecule has 142 valence electrons. The van der Waals surface area contributed by atoms with Gasteiger partial charge in [-0.25, -0.2) is 4.98 Å². The fourth-order valence-corrected chi connectivity index (χ4v) is 3.12. The van der Waals surface area contributed by atoms with Crippen LogP contribution in [0, 0.1) is 5.92 Å². The van der Waals surface area contributed by atoms with Crippen LogP contribution >= 0.6 is 0 Å². The van der Waals surface area contributed by atoms with Crippen LogP contribution in [0.25, 0.3) is 0 Å². The van der Waals surface area contributed by atoms with Crippen molar-refractivity contribution >= 4 is 23.7 Å². The number of piperidine rings is 1. The Labute approximate surface area is 154 Å². The SMILES string of the molecule is O=Cc1ccc(N2CCC(C(=O)Nc3ncccc3C(F)(F)F)CC2)cc1. The fraction of sp³-hybridized carbons (Fsp3) is 0.316. The number of alkyl halides is 3. The molecule has 0 saturated carbocycles. The second kappa shape index (κ2) is 7.77. The predicted octanol–water partition coefficient (Wildman–Crippen LogP) is 3.77. The molecule has 1 aromatic carbocycles. The predicted molar refractivity (Wildman–Crippen MR) is 94.6 cm³/mol. The number of nitrogens with zero attached hydrogens (tertiary/aromatic N) is 2. The third kappa shape index (κ3) is 4.45. The Hall–Kier alpha value is -2.90. The highest BCUT2D eigenvalue weighted by Gasteiger charge is 2.35. The van der Waals surface area contributed by atoms with E-state index in [0.717, 1.165) is 18.0 Å². The van der Waals surface area contributed by atoms with E-state index in [1.54, 1.807) is 12.1 Å². The number of hydrogen-bond acceptors (Lipinski definition) is 4. The number of pyridine rings is 1. The fourth-order valence-electron chi connectivity index (χ4n) is 3.12. The summed E-state index contributed by atoms with van der Waals surface area (Å²) in [5.74, 6) is -1.28. The summed E-state index contributed by atoms with van der Waals surface area (Å²) in [5.41, 5.74) is 0.582. The van der Waals surface area contributed by atoms with Gasteiger partial charge in [0.2, 0.25) is 5.91 Å². The molecular formula is C19H18F3N3O2. The van der Waals surface area contributed by atoms with Crippen LogP contribution in [0.15, 0.2) is 42.6 Å². The largest absolute Gasteiger partial charge is 0.419 e. The molecule has 5 nitrogen and oxygen atoms in total. The van der Waals surface area contributed by atoms with E-state index >= 15 is 0 Å². The molecule has 1 amide bonds. The van der Waals surface area contributed by atoms with E-state index in [1.165, 1.54) is 12.3 Å². The Balaban J connectivity index is 1.61. The Morgan fingerprint density at radius 2 is 1.81 bits per heavy atom. The van der Waals surface area contributed by atoms with E-state index in [0.29, 0.717) is 31.5 Å². The van der Waals surface area contributed by atoms with Crippen LogP contribution in [0.3, 0.4) is 0 Å². The minimum Gasteiger partial charge on any atom is -0.371 e. The summed E-state index contributed by atoms with van der Waals surface area (Å²) >= 11 is 0. The van der Waals surface area contributed by atoms with Gasteiger partial charge >= 0.3 is 6.18 Å². The lowest BCUT2D eigenvalue weighted by molar-refractivity contribution is -0.137. The quantitative estimate of drug-likeness (QED) is 0.824. The Morgan fingerprint density at radius 3 is 2.41 bits per heavy atom. The lowest BCUT2D eigenvalue weighted by Gasteiger charge is -2.33. The molecule has 0 spiro atoms. The lowest BCUT2D eigenvalue weighted by Crippen LogP contribution is -2.38. The number of aldehydes is 1. The molecule has 0 radical (unpaired) electrons. The van der Waals surface area contributed by atoms with Crippen molar-refractivity contribution in [1.82, 2.24) is 4.98 Å². The van der Waals surface area contributed by atoms with Gasteiger partial charge in [0.05, 0.1) is 5.56 Å². The zero-order chi connectivity index (χ0) is 19.4. The van der Waals surface area contributed by atoms with Gasteiger partial charge in [0.25, 0.3) is 0 Å². The summed E-state index contributed by atoms with van der Waals surface area (Å²) in [5, 5.41) is 2.33. The Morgan fingerprint density at radius 1 is 1.15 bits per heavy atom. The highest BCUT2D eigenvalue weighted by Crippen LogP contribution is 2.34. The summed E-state index contributed by atoms with van der Waals surface area (Å²) in [6.07, 6.45) is -1.54. The molecule has 1 aliphatic heterocycles. The van der Waals surface area contributed by atoms with Gasteiger partial charge in [-0.05, 0) is 49.2 Å². The van der Waals surface area contributed by atoms with Crippen LogP contribution in [-0.4, -0.2) is 30.3 Å². The minimum atomic E-state index is -4.58. The third-order valence-corrected chi connectivity index (χ3v) is 4.61. The van der Waals surface area contributed by atoms with Crippen LogP contribution in [0.4, 0.5) is 24.7 Å². The van der Waals surface area contributed by atoms with Crippen molar-refractivity contribution in [3.63, 3.8) is 0 Å². The highest BCUT2D eigenvalue weighted by atomic mass is 19.4. The molecule has 0 bridgehead atoms. The second-order valence-electron chi connectivity index (χ2n) is 6.36. The van der Waals surface area contributed by atoms with E-state index in [1.807, 2.05) is 12.1 Å². The maximum absolute atomic E-state index is 13.0. The summed E-state index contributed by atoms with van der Waals surface area (Å²) < 4.78 is 39.0. The summed E-state index contributed by atoms with van der Waals surface area (Å²) in [6, 6.07) is 9.21. The van der Waals surface area contributed by atoms with Crippen molar-refractivity contribution in [3.05, 3.63) is 53.7 Å². The van der Waals surface area contributed by atoms with Gasteiger partial charge in [-0.2, -0.15) is 13.2 Å². The van der Waals surface area contributed by atoms with Crippen molar-refractivity contribution in [3.8, 4) is 0 Å². The average Bonchev–Trinajstić information content (AvgIpc) is 2.68. The molecule has 0 aliphatic carbocycles. The highest BCUT2D eigenvalue weighted by molar-refractivity contribution is 5.92. The maximum Gasteiger partial charge on any atom is 0.419 e. The third-order valence-electron chi connectivity index (χ3n) is 4.61. The first-order valence-corrected chi connectivity index (χ1v) is 8.52. The van der Waals surface area contributed by atoms with E-state index in [4.69, 9.17) is 0 Å². The number of carbonyl (C=O) groups excluding carboxylic acids is 2. The lowest BCUT2D eigenvalue weighted by atomic mass is 9.95. The number of carbonyl (C=O) groups is 2. The molecule has 1 aromatic heterocycles. The van der Waals surface area contributed by atoms with Crippen LogP contribution < -0.4 is 10.2 Å². The minimum absolute atomic E-state index is 0.376. The monoisotopic (exact) mass is 377 g/mol. The molecule has 3 rings (SSSR count). The standard InChI is InChI=1S/C19H18F3N3O2/c20-19(21,22)16-2-1-9-23-17(16)24-18(27)14-7-10-25(11-8-14)15-5-3-13(12-26)4-6-15/h1-6,9,12,14H,7-8,10-11H2,(H,23,24,27). The van der Waals surface area contributed by atoms with E-state index in [9.17, 15) is 22.8 Å². The van der Waals surface area contributed by atoms with Crippen LogP contribution in [-0.2, 0) is 11.0 Å². The average molecular weight is 377 g/mol. The Bertz CT molecular complexity index is 814. The number of anilines is 2. The maximum atomic E-state index is 13.0. The molecule has 27 heavy (non-hydrogen) atoms. The topological polar surface area (TPSA) is 62.3 Å². The molecule has 0 unspecified atom stereocenters. The van der Waals surface area contributed by atoms with Crippen molar-refractivity contribution in [2.45, 2.75) is 19.0 Å². The summed E-state index contributed by atoms with van der Waals surface area (Å²) in [6.45, 7) is 1.21. The van der Waals surface area contributed by atoms with Crippen molar-refractivity contribution < 1.29 is 22.8 Å². The smallest absolute Gasteiger partial charge is 0.371 e. The van der Waals surface area contributed by atoms with Crippen molar-refractivity contribution in [2.75, 3.05) is 23.3 Å². The first-order chi connectivity index (χ1) is 12.9. The molecule has 1 N–H and O–H groups in total. The van der Waals surface area contributed by atoms with Crippen LogP contribution in [0.5, 0.6) is 0 Å². The van der Waals surface area contributed by atoms with Gasteiger partial charge in [0.15, 0.2) is 0 Å². The second-order valence-corrected chi connectivity index (χ2v) is 6.36. The zero-order valence-corrected chi connectivity index (χ0v) is 14.4. The van der Waals surface area contributed by atoms with Gasteiger partial charge in [-0.15, -0.1) is 0 Å². The number of halogens is 3. The first-order valence-electron chi connectivity index (χ1n) is 8.52. The molecule has 0 atom stereocenters. The Kier molecular flexibility index (Phi) is 5.43. The van der Waals surface area contributed by atoms with Gasteiger partial charge in [0.1, 0.15) is 12.1 Å².